The summed E-state index contributed by atoms with van der Waals surface area (Å²) in [5.74, 6) is 0.777. The molecule has 1 aromatic carbocycles. The second-order valence-electron chi connectivity index (χ2n) is 6.35. The van der Waals surface area contributed by atoms with E-state index in [0.717, 1.165) is 36.7 Å². The van der Waals surface area contributed by atoms with Gasteiger partial charge in [-0.25, -0.2) is 4.98 Å². The van der Waals surface area contributed by atoms with Crippen molar-refractivity contribution in [1.82, 2.24) is 10.3 Å². The first kappa shape index (κ1) is 15.0. The summed E-state index contributed by atoms with van der Waals surface area (Å²) < 4.78 is 0. The molecule has 2 aliphatic rings. The number of nitrogens with two attached hydrogens (primary N) is 1. The molecule has 6 nitrogen and oxygen atoms in total. The molecule has 1 aromatic heterocycles. The molecule has 24 heavy (non-hydrogen) atoms. The van der Waals surface area contributed by atoms with Gasteiger partial charge in [0, 0.05) is 24.2 Å². The normalized spacial score (nSPS) is 22.8. The lowest BCUT2D eigenvalue weighted by atomic mass is 9.95. The van der Waals surface area contributed by atoms with E-state index < -0.39 is 5.91 Å². The lowest BCUT2D eigenvalue weighted by Crippen LogP contribution is -2.46. The number of carbonyl (C=O) groups is 1. The van der Waals surface area contributed by atoms with Gasteiger partial charge in [-0.3, -0.25) is 4.79 Å². The van der Waals surface area contributed by atoms with Crippen LogP contribution in [0.4, 0.5) is 17.2 Å². The maximum Gasteiger partial charge on any atom is 0.248 e. The third-order valence-electron chi connectivity index (χ3n) is 4.80. The van der Waals surface area contributed by atoms with Gasteiger partial charge in [-0.15, -0.1) is 0 Å². The van der Waals surface area contributed by atoms with Crippen LogP contribution in [0.15, 0.2) is 42.6 Å². The van der Waals surface area contributed by atoms with Crippen molar-refractivity contribution in [3.8, 4) is 0 Å². The Bertz CT molecular complexity index is 757. The van der Waals surface area contributed by atoms with Crippen LogP contribution in [0.25, 0.3) is 0 Å². The van der Waals surface area contributed by atoms with Gasteiger partial charge in [-0.2, -0.15) is 0 Å². The van der Waals surface area contributed by atoms with Crippen molar-refractivity contribution in [1.29, 1.82) is 0 Å². The average Bonchev–Trinajstić information content (AvgIpc) is 3.02. The van der Waals surface area contributed by atoms with Crippen molar-refractivity contribution in [3.63, 3.8) is 0 Å². The summed E-state index contributed by atoms with van der Waals surface area (Å²) in [6, 6.07) is 11.6. The van der Waals surface area contributed by atoms with Crippen LogP contribution in [-0.4, -0.2) is 30.1 Å². The second kappa shape index (κ2) is 6.13. The number of benzene rings is 1. The highest BCUT2D eigenvalue weighted by Crippen LogP contribution is 2.42. The maximum absolute atomic E-state index is 11.5. The van der Waals surface area contributed by atoms with Gasteiger partial charge in [0.05, 0.1) is 11.4 Å². The fraction of sp³-hybridized carbons (Fsp3) is 0.333. The van der Waals surface area contributed by atoms with E-state index in [1.807, 2.05) is 12.1 Å². The monoisotopic (exact) mass is 323 g/mol. The van der Waals surface area contributed by atoms with E-state index in [0.29, 0.717) is 11.5 Å². The highest BCUT2D eigenvalue weighted by Gasteiger charge is 2.36. The number of piperidine rings is 1. The molecule has 2 unspecified atom stereocenters. The molecule has 0 radical (unpaired) electrons. The minimum Gasteiger partial charge on any atom is -0.366 e. The number of hydrogen-bond donors (Lipinski definition) is 3. The molecular weight excluding hydrogens is 302 g/mol. The lowest BCUT2D eigenvalue weighted by molar-refractivity contribution is 0.1000. The van der Waals surface area contributed by atoms with Crippen LogP contribution < -0.4 is 21.3 Å². The predicted octanol–water partition coefficient (Wildman–Crippen LogP) is 2.07. The van der Waals surface area contributed by atoms with E-state index in [4.69, 9.17) is 5.73 Å². The molecule has 3 heterocycles. The molecule has 2 aromatic rings. The molecule has 4 N–H and O–H groups in total. The van der Waals surface area contributed by atoms with Gasteiger partial charge in [0.15, 0.2) is 0 Å². The number of anilines is 3. The molecule has 6 heteroatoms. The second-order valence-corrected chi connectivity index (χ2v) is 6.35. The number of amides is 1. The number of pyridine rings is 1. The largest absolute Gasteiger partial charge is 0.366 e. The van der Waals surface area contributed by atoms with Gasteiger partial charge >= 0.3 is 0 Å². The van der Waals surface area contributed by atoms with Gasteiger partial charge in [-0.1, -0.05) is 12.1 Å². The summed E-state index contributed by atoms with van der Waals surface area (Å²) in [5, 5.41) is 7.11. The molecule has 124 valence electrons. The summed E-state index contributed by atoms with van der Waals surface area (Å²) >= 11 is 0. The van der Waals surface area contributed by atoms with E-state index >= 15 is 0 Å². The van der Waals surface area contributed by atoms with Gasteiger partial charge in [0.25, 0.3) is 0 Å². The van der Waals surface area contributed by atoms with Crippen molar-refractivity contribution in [2.45, 2.75) is 19.0 Å². The van der Waals surface area contributed by atoms with Crippen molar-refractivity contribution in [3.05, 3.63) is 48.2 Å². The third-order valence-corrected chi connectivity index (χ3v) is 4.80. The Morgan fingerprint density at radius 3 is 2.96 bits per heavy atom. The molecule has 1 amide bonds. The lowest BCUT2D eigenvalue weighted by Gasteiger charge is -2.35. The van der Waals surface area contributed by atoms with Crippen LogP contribution in [0.2, 0.25) is 0 Å². The molecule has 0 bridgehead atoms. The number of para-hydroxylation sites is 2. The molecule has 0 aliphatic carbocycles. The van der Waals surface area contributed by atoms with Crippen molar-refractivity contribution < 1.29 is 4.79 Å². The Morgan fingerprint density at radius 2 is 2.17 bits per heavy atom. The number of nitrogens with zero attached hydrogens (tertiary/aromatic N) is 2. The van der Waals surface area contributed by atoms with Crippen molar-refractivity contribution in [2.75, 3.05) is 23.3 Å². The van der Waals surface area contributed by atoms with Crippen LogP contribution in [0, 0.1) is 5.92 Å². The Morgan fingerprint density at radius 1 is 1.29 bits per heavy atom. The molecule has 4 rings (SSSR count). The minimum absolute atomic E-state index is 0.117. The zero-order valence-electron chi connectivity index (χ0n) is 13.4. The summed E-state index contributed by atoms with van der Waals surface area (Å²) in [5.41, 5.74) is 8.10. The molecule has 0 saturated carbocycles. The van der Waals surface area contributed by atoms with Crippen molar-refractivity contribution in [2.24, 2.45) is 11.7 Å². The first-order valence-electron chi connectivity index (χ1n) is 8.35. The molecule has 1 saturated heterocycles. The summed E-state index contributed by atoms with van der Waals surface area (Å²) in [7, 11) is 0. The van der Waals surface area contributed by atoms with Gasteiger partial charge < -0.3 is 21.3 Å². The summed E-state index contributed by atoms with van der Waals surface area (Å²) in [6.45, 7) is 2.04. The number of primary amides is 1. The van der Waals surface area contributed by atoms with Crippen LogP contribution >= 0.6 is 0 Å². The molecule has 0 spiro atoms. The summed E-state index contributed by atoms with van der Waals surface area (Å²) in [6.07, 6.45) is 4.09. The van der Waals surface area contributed by atoms with Crippen LogP contribution in [0.3, 0.4) is 0 Å². The standard InChI is InChI=1S/C18H21N5O/c19-17(24)12-7-9-21-16(10-12)23-15-6-2-1-5-14(15)22-18(23)13-4-3-8-20-11-13/h1-2,5-7,9-10,13,18,20,22H,3-4,8,11H2,(H2,19,24). The van der Waals surface area contributed by atoms with E-state index in [-0.39, 0.29) is 6.17 Å². The first-order chi connectivity index (χ1) is 11.7. The van der Waals surface area contributed by atoms with E-state index in [2.05, 4.69) is 32.7 Å². The van der Waals surface area contributed by atoms with Gasteiger partial charge in [-0.05, 0) is 43.7 Å². The Labute approximate surface area is 141 Å². The molecule has 1 fully saturated rings. The quantitative estimate of drug-likeness (QED) is 0.805. The smallest absolute Gasteiger partial charge is 0.248 e. The fourth-order valence-corrected chi connectivity index (χ4v) is 3.63. The minimum atomic E-state index is -0.435. The predicted molar refractivity (Wildman–Crippen MR) is 94.3 cm³/mol. The molecular formula is C18H21N5O. The highest BCUT2D eigenvalue weighted by molar-refractivity contribution is 5.94. The van der Waals surface area contributed by atoms with Crippen LogP contribution in [-0.2, 0) is 0 Å². The van der Waals surface area contributed by atoms with Crippen molar-refractivity contribution >= 4 is 23.1 Å². The topological polar surface area (TPSA) is 83.3 Å². The number of carbonyl (C=O) groups excluding carboxylic acids is 1. The molecule has 2 atom stereocenters. The van der Waals surface area contributed by atoms with Gasteiger partial charge in [0.2, 0.25) is 5.91 Å². The number of aromatic nitrogens is 1. The zero-order chi connectivity index (χ0) is 16.5. The van der Waals surface area contributed by atoms with E-state index in [9.17, 15) is 4.79 Å². The third kappa shape index (κ3) is 2.59. The van der Waals surface area contributed by atoms with E-state index in [1.165, 1.54) is 6.42 Å². The Hall–Kier alpha value is -2.60. The SMILES string of the molecule is NC(=O)c1ccnc(N2c3ccccc3NC2C2CCCNC2)c1. The average molecular weight is 323 g/mol. The molecule has 2 aliphatic heterocycles. The highest BCUT2D eigenvalue weighted by atomic mass is 16.1. The van der Waals surface area contributed by atoms with Gasteiger partial charge in [0.1, 0.15) is 12.0 Å². The summed E-state index contributed by atoms with van der Waals surface area (Å²) in [4.78, 5) is 18.2. The number of fused-ring (bicyclic) bond motifs is 1. The number of rotatable bonds is 3. The number of nitrogens with one attached hydrogen (secondary N) is 2. The number of hydrogen-bond acceptors (Lipinski definition) is 5. The fourth-order valence-electron chi connectivity index (χ4n) is 3.63. The maximum atomic E-state index is 11.5. The Balaban J connectivity index is 1.75. The van der Waals surface area contributed by atoms with Crippen LogP contribution in [0.1, 0.15) is 23.2 Å². The zero-order valence-corrected chi connectivity index (χ0v) is 13.4. The van der Waals surface area contributed by atoms with Crippen LogP contribution in [0.5, 0.6) is 0 Å². The first-order valence-corrected chi connectivity index (χ1v) is 8.35. The van der Waals surface area contributed by atoms with E-state index in [1.54, 1.807) is 18.3 Å². The Kier molecular flexibility index (Phi) is 3.82.